The second kappa shape index (κ2) is 9.13. The van der Waals surface area contributed by atoms with Gasteiger partial charge in [-0.25, -0.2) is 4.98 Å². The quantitative estimate of drug-likeness (QED) is 0.621. The lowest BCUT2D eigenvalue weighted by molar-refractivity contribution is -0.0763. The summed E-state index contributed by atoms with van der Waals surface area (Å²) in [5.41, 5.74) is 1.73. The van der Waals surface area contributed by atoms with Gasteiger partial charge in [-0.15, -0.1) is 11.3 Å². The Morgan fingerprint density at radius 2 is 2.03 bits per heavy atom. The summed E-state index contributed by atoms with van der Waals surface area (Å²) in [5, 5.41) is 8.15. The molecule has 8 heteroatoms. The first-order chi connectivity index (χ1) is 15.6. The molecule has 2 saturated heterocycles. The molecule has 0 bridgehead atoms. The molecule has 1 aromatic carbocycles. The van der Waals surface area contributed by atoms with E-state index in [-0.39, 0.29) is 17.6 Å². The number of nitrogens with one attached hydrogen (secondary N) is 1. The second-order valence-corrected chi connectivity index (χ2v) is 9.90. The van der Waals surface area contributed by atoms with Crippen molar-refractivity contribution in [2.45, 2.75) is 43.9 Å². The molecule has 2 fully saturated rings. The standard InChI is InChI=1S/C24H29N5O2S/c1-28-21(8-12-27-28)22(30)25-15-19-7-9-24(31-19)10-13-29(14-11-24)17-20-16-26-23(32-20)18-5-3-2-4-6-18/h2-6,8,12,16,19H,7,9-11,13-15,17H2,1H3,(H,25,30). The molecule has 0 aliphatic carbocycles. The van der Waals surface area contributed by atoms with E-state index in [9.17, 15) is 4.79 Å². The highest BCUT2D eigenvalue weighted by molar-refractivity contribution is 7.15. The van der Waals surface area contributed by atoms with Crippen molar-refractivity contribution in [1.82, 2.24) is 25.0 Å². The summed E-state index contributed by atoms with van der Waals surface area (Å²) in [4.78, 5) is 20.8. The molecule has 7 nitrogen and oxygen atoms in total. The predicted molar refractivity (Wildman–Crippen MR) is 124 cm³/mol. The number of hydrogen-bond donors (Lipinski definition) is 1. The average molecular weight is 452 g/mol. The second-order valence-electron chi connectivity index (χ2n) is 8.79. The van der Waals surface area contributed by atoms with Gasteiger partial charge in [0.05, 0.1) is 11.7 Å². The van der Waals surface area contributed by atoms with Gasteiger partial charge in [-0.3, -0.25) is 14.4 Å². The Morgan fingerprint density at radius 1 is 1.22 bits per heavy atom. The number of carbonyl (C=O) groups is 1. The van der Waals surface area contributed by atoms with Gasteiger partial charge in [-0.05, 0) is 31.7 Å². The molecular weight excluding hydrogens is 422 g/mol. The van der Waals surface area contributed by atoms with Crippen molar-refractivity contribution in [3.05, 3.63) is 59.4 Å². The summed E-state index contributed by atoms with van der Waals surface area (Å²) < 4.78 is 8.07. The van der Waals surface area contributed by atoms with Crippen LogP contribution in [0.4, 0.5) is 0 Å². The molecule has 4 heterocycles. The van der Waals surface area contributed by atoms with Gasteiger partial charge in [-0.2, -0.15) is 5.10 Å². The van der Waals surface area contributed by atoms with Crippen molar-refractivity contribution in [1.29, 1.82) is 0 Å². The lowest BCUT2D eigenvalue weighted by Gasteiger charge is -2.39. The highest BCUT2D eigenvalue weighted by Gasteiger charge is 2.42. The molecule has 32 heavy (non-hydrogen) atoms. The first-order valence-corrected chi connectivity index (χ1v) is 12.1. The summed E-state index contributed by atoms with van der Waals surface area (Å²) in [5.74, 6) is -0.0937. The Morgan fingerprint density at radius 3 is 2.78 bits per heavy atom. The van der Waals surface area contributed by atoms with Crippen LogP contribution in [-0.2, 0) is 18.3 Å². The molecule has 1 amide bonds. The van der Waals surface area contributed by atoms with Crippen LogP contribution in [0.3, 0.4) is 0 Å². The fourth-order valence-electron chi connectivity index (χ4n) is 4.73. The summed E-state index contributed by atoms with van der Waals surface area (Å²) in [6.07, 6.45) is 7.91. The Hall–Kier alpha value is -2.55. The fourth-order valence-corrected chi connectivity index (χ4v) is 5.69. The highest BCUT2D eigenvalue weighted by Crippen LogP contribution is 2.39. The van der Waals surface area contributed by atoms with E-state index in [1.54, 1.807) is 35.3 Å². The first-order valence-electron chi connectivity index (χ1n) is 11.3. The summed E-state index contributed by atoms with van der Waals surface area (Å²) in [6.45, 7) is 3.57. The van der Waals surface area contributed by atoms with Crippen molar-refractivity contribution in [3.8, 4) is 10.6 Å². The van der Waals surface area contributed by atoms with Gasteiger partial charge in [0.25, 0.3) is 5.91 Å². The lowest BCUT2D eigenvalue weighted by Crippen LogP contribution is -2.44. The Labute approximate surface area is 192 Å². The molecular formula is C24H29N5O2S. The van der Waals surface area contributed by atoms with E-state index in [2.05, 4.69) is 44.6 Å². The number of carbonyl (C=O) groups excluding carboxylic acids is 1. The molecule has 3 aromatic rings. The minimum atomic E-state index is -0.0937. The number of thiazole rings is 1. The number of aromatic nitrogens is 3. The van der Waals surface area contributed by atoms with Crippen LogP contribution in [0.5, 0.6) is 0 Å². The minimum absolute atomic E-state index is 0.0265. The summed E-state index contributed by atoms with van der Waals surface area (Å²) in [6, 6.07) is 12.1. The molecule has 1 unspecified atom stereocenters. The Balaban J connectivity index is 1.09. The topological polar surface area (TPSA) is 72.3 Å². The van der Waals surface area contributed by atoms with Crippen LogP contribution in [0.1, 0.15) is 41.0 Å². The van der Waals surface area contributed by atoms with Crippen LogP contribution in [-0.4, -0.2) is 56.9 Å². The molecule has 5 rings (SSSR count). The van der Waals surface area contributed by atoms with E-state index < -0.39 is 0 Å². The number of piperidine rings is 1. The maximum atomic E-state index is 12.3. The van der Waals surface area contributed by atoms with Gasteiger partial charge in [-0.1, -0.05) is 30.3 Å². The number of rotatable bonds is 6. The fraction of sp³-hybridized carbons (Fsp3) is 0.458. The van der Waals surface area contributed by atoms with E-state index in [1.165, 1.54) is 10.4 Å². The molecule has 1 spiro atoms. The molecule has 0 saturated carbocycles. The van der Waals surface area contributed by atoms with Crippen molar-refractivity contribution >= 4 is 17.2 Å². The zero-order valence-corrected chi connectivity index (χ0v) is 19.2. The number of hydrogen-bond acceptors (Lipinski definition) is 6. The molecule has 2 aromatic heterocycles. The third kappa shape index (κ3) is 4.62. The van der Waals surface area contributed by atoms with Gasteiger partial charge in [0, 0.05) is 56.1 Å². The van der Waals surface area contributed by atoms with E-state index in [4.69, 9.17) is 4.74 Å². The summed E-state index contributed by atoms with van der Waals surface area (Å²) in [7, 11) is 1.78. The number of amides is 1. The van der Waals surface area contributed by atoms with E-state index in [0.29, 0.717) is 12.2 Å². The maximum Gasteiger partial charge on any atom is 0.269 e. The Kier molecular flexibility index (Phi) is 6.08. The van der Waals surface area contributed by atoms with Gasteiger partial charge in [0.15, 0.2) is 0 Å². The monoisotopic (exact) mass is 451 g/mol. The highest BCUT2D eigenvalue weighted by atomic mass is 32.1. The normalized spacial score (nSPS) is 20.6. The predicted octanol–water partition coefficient (Wildman–Crippen LogP) is 3.49. The van der Waals surface area contributed by atoms with Gasteiger partial charge in [0.1, 0.15) is 10.7 Å². The molecule has 1 N–H and O–H groups in total. The van der Waals surface area contributed by atoms with Gasteiger partial charge in [0.2, 0.25) is 0 Å². The zero-order valence-electron chi connectivity index (χ0n) is 18.4. The number of likely N-dealkylation sites (tertiary alicyclic amines) is 1. The van der Waals surface area contributed by atoms with E-state index >= 15 is 0 Å². The maximum absolute atomic E-state index is 12.3. The number of aryl methyl sites for hydroxylation is 1. The van der Waals surface area contributed by atoms with Crippen LogP contribution in [0.2, 0.25) is 0 Å². The van der Waals surface area contributed by atoms with Crippen LogP contribution in [0.15, 0.2) is 48.8 Å². The van der Waals surface area contributed by atoms with E-state index in [0.717, 1.165) is 50.3 Å². The van der Waals surface area contributed by atoms with Crippen molar-refractivity contribution < 1.29 is 9.53 Å². The largest absolute Gasteiger partial charge is 0.370 e. The number of nitrogens with zero attached hydrogens (tertiary/aromatic N) is 4. The number of ether oxygens (including phenoxy) is 1. The van der Waals surface area contributed by atoms with Crippen LogP contribution in [0.25, 0.3) is 10.6 Å². The van der Waals surface area contributed by atoms with Gasteiger partial charge < -0.3 is 10.1 Å². The molecule has 1 atom stereocenters. The summed E-state index contributed by atoms with van der Waals surface area (Å²) >= 11 is 1.78. The molecule has 2 aliphatic heterocycles. The van der Waals surface area contributed by atoms with Crippen molar-refractivity contribution in [2.24, 2.45) is 7.05 Å². The minimum Gasteiger partial charge on any atom is -0.370 e. The van der Waals surface area contributed by atoms with Crippen LogP contribution >= 0.6 is 11.3 Å². The molecule has 0 radical (unpaired) electrons. The van der Waals surface area contributed by atoms with Gasteiger partial charge >= 0.3 is 0 Å². The van der Waals surface area contributed by atoms with E-state index in [1.807, 2.05) is 12.3 Å². The lowest BCUT2D eigenvalue weighted by atomic mass is 9.88. The van der Waals surface area contributed by atoms with Crippen molar-refractivity contribution in [2.75, 3.05) is 19.6 Å². The molecule has 168 valence electrons. The van der Waals surface area contributed by atoms with Crippen molar-refractivity contribution in [3.63, 3.8) is 0 Å². The SMILES string of the molecule is Cn1nccc1C(=O)NCC1CCC2(CCN(Cc3cnc(-c4ccccc4)s3)CC2)O1. The van der Waals surface area contributed by atoms with Crippen LogP contribution < -0.4 is 5.32 Å². The molecule has 2 aliphatic rings. The zero-order chi connectivity index (χ0) is 22.0. The first kappa shape index (κ1) is 21.3. The van der Waals surface area contributed by atoms with Crippen LogP contribution in [0, 0.1) is 0 Å². The third-order valence-electron chi connectivity index (χ3n) is 6.60. The number of benzene rings is 1. The smallest absolute Gasteiger partial charge is 0.269 e. The average Bonchev–Trinajstić information content (AvgIpc) is 3.55. The Bertz CT molecular complexity index is 1060. The third-order valence-corrected chi connectivity index (χ3v) is 7.63.